The smallest absolute Gasteiger partial charge is 0.327 e. The van der Waals surface area contributed by atoms with Crippen LogP contribution in [0.3, 0.4) is 0 Å². The highest BCUT2D eigenvalue weighted by atomic mass is 32.2. The van der Waals surface area contributed by atoms with Gasteiger partial charge in [0.05, 0.1) is 5.25 Å². The average Bonchev–Trinajstić information content (AvgIpc) is 2.86. The van der Waals surface area contributed by atoms with Crippen LogP contribution in [0.1, 0.15) is 19.8 Å². The standard InChI is InChI=1S/C11H18N2O4S/c1-8(10(15)13-4-2-3-5-13)18-6-9(11(16)17)12-7-14/h7-9H,2-6H2,1H3,(H,12,14)(H,16,17). The molecular formula is C11H18N2O4S. The lowest BCUT2D eigenvalue weighted by molar-refractivity contribution is -0.139. The molecule has 1 saturated heterocycles. The number of carbonyl (C=O) groups excluding carboxylic acids is 2. The lowest BCUT2D eigenvalue weighted by Crippen LogP contribution is -2.40. The Morgan fingerprint density at radius 1 is 1.44 bits per heavy atom. The van der Waals surface area contributed by atoms with E-state index in [9.17, 15) is 14.4 Å². The topological polar surface area (TPSA) is 86.7 Å². The molecule has 1 aliphatic rings. The van der Waals surface area contributed by atoms with E-state index in [1.165, 1.54) is 11.8 Å². The Morgan fingerprint density at radius 2 is 2.06 bits per heavy atom. The van der Waals surface area contributed by atoms with Crippen molar-refractivity contribution in [3.63, 3.8) is 0 Å². The molecule has 2 N–H and O–H groups in total. The Morgan fingerprint density at radius 3 is 2.56 bits per heavy atom. The van der Waals surface area contributed by atoms with Gasteiger partial charge in [0, 0.05) is 18.8 Å². The minimum atomic E-state index is -1.09. The summed E-state index contributed by atoms with van der Waals surface area (Å²) in [6.07, 6.45) is 2.44. The first-order chi connectivity index (χ1) is 8.56. The third-order valence-electron chi connectivity index (χ3n) is 2.85. The van der Waals surface area contributed by atoms with Crippen molar-refractivity contribution < 1.29 is 19.5 Å². The Kier molecular flexibility index (Phi) is 5.97. The summed E-state index contributed by atoms with van der Waals surface area (Å²) in [5.74, 6) is -0.849. The van der Waals surface area contributed by atoms with Crippen LogP contribution in [0.5, 0.6) is 0 Å². The van der Waals surface area contributed by atoms with Gasteiger partial charge in [0.25, 0.3) is 0 Å². The van der Waals surface area contributed by atoms with Crippen LogP contribution in [0, 0.1) is 0 Å². The summed E-state index contributed by atoms with van der Waals surface area (Å²) in [4.78, 5) is 34.8. The molecule has 0 aromatic heterocycles. The highest BCUT2D eigenvalue weighted by Gasteiger charge is 2.25. The molecule has 0 bridgehead atoms. The molecule has 1 rings (SSSR count). The molecule has 2 unspecified atom stereocenters. The van der Waals surface area contributed by atoms with E-state index < -0.39 is 12.0 Å². The Labute approximate surface area is 110 Å². The van der Waals surface area contributed by atoms with Crippen molar-refractivity contribution in [2.75, 3.05) is 18.8 Å². The second-order valence-corrected chi connectivity index (χ2v) is 5.56. The first kappa shape index (κ1) is 14.8. The number of carboxylic acid groups (broad SMARTS) is 1. The van der Waals surface area contributed by atoms with Crippen molar-refractivity contribution in [2.24, 2.45) is 0 Å². The number of hydrogen-bond donors (Lipinski definition) is 2. The molecule has 2 atom stereocenters. The molecule has 7 heteroatoms. The summed E-state index contributed by atoms with van der Waals surface area (Å²) >= 11 is 1.25. The quantitative estimate of drug-likeness (QED) is 0.635. The third-order valence-corrected chi connectivity index (χ3v) is 4.07. The van der Waals surface area contributed by atoms with E-state index in [2.05, 4.69) is 5.32 Å². The minimum Gasteiger partial charge on any atom is -0.480 e. The first-order valence-electron chi connectivity index (χ1n) is 5.89. The normalized spacial score (nSPS) is 18.2. The maximum Gasteiger partial charge on any atom is 0.327 e. The van der Waals surface area contributed by atoms with Gasteiger partial charge in [-0.3, -0.25) is 9.59 Å². The SMILES string of the molecule is CC(SCC(NC=O)C(=O)O)C(=O)N1CCCC1. The number of rotatable bonds is 7. The third kappa shape index (κ3) is 4.21. The number of nitrogens with one attached hydrogen (secondary N) is 1. The zero-order chi connectivity index (χ0) is 13.5. The first-order valence-corrected chi connectivity index (χ1v) is 6.94. The zero-order valence-corrected chi connectivity index (χ0v) is 11.1. The number of nitrogens with zero attached hydrogens (tertiary/aromatic N) is 1. The maximum atomic E-state index is 12.0. The van der Waals surface area contributed by atoms with E-state index >= 15 is 0 Å². The van der Waals surface area contributed by atoms with E-state index in [1.807, 2.05) is 0 Å². The number of likely N-dealkylation sites (tertiary alicyclic amines) is 1. The summed E-state index contributed by atoms with van der Waals surface area (Å²) in [7, 11) is 0. The van der Waals surface area contributed by atoms with Crippen LogP contribution >= 0.6 is 11.8 Å². The van der Waals surface area contributed by atoms with Crippen molar-refractivity contribution in [1.82, 2.24) is 10.2 Å². The molecule has 0 aromatic carbocycles. The molecule has 6 nitrogen and oxygen atoms in total. The van der Waals surface area contributed by atoms with Gasteiger partial charge in [-0.2, -0.15) is 0 Å². The van der Waals surface area contributed by atoms with Crippen LogP contribution in [0.15, 0.2) is 0 Å². The van der Waals surface area contributed by atoms with Crippen LogP contribution in [0.4, 0.5) is 0 Å². The van der Waals surface area contributed by atoms with Crippen molar-refractivity contribution in [1.29, 1.82) is 0 Å². The molecule has 0 saturated carbocycles. The van der Waals surface area contributed by atoms with E-state index in [1.54, 1.807) is 11.8 Å². The predicted molar refractivity (Wildman–Crippen MR) is 68.4 cm³/mol. The van der Waals surface area contributed by atoms with Gasteiger partial charge in [-0.1, -0.05) is 0 Å². The Bertz CT molecular complexity index is 318. The van der Waals surface area contributed by atoms with Crippen LogP contribution in [-0.4, -0.2) is 58.4 Å². The monoisotopic (exact) mass is 274 g/mol. The molecule has 1 heterocycles. The number of amides is 2. The van der Waals surface area contributed by atoms with Crippen LogP contribution < -0.4 is 5.32 Å². The molecule has 0 spiro atoms. The lowest BCUT2D eigenvalue weighted by Gasteiger charge is -2.21. The number of aliphatic carboxylic acids is 1. The van der Waals surface area contributed by atoms with Gasteiger partial charge in [-0.15, -0.1) is 11.8 Å². The molecule has 1 fully saturated rings. The van der Waals surface area contributed by atoms with Gasteiger partial charge in [-0.05, 0) is 19.8 Å². The van der Waals surface area contributed by atoms with Crippen LogP contribution in [0.2, 0.25) is 0 Å². The molecule has 18 heavy (non-hydrogen) atoms. The van der Waals surface area contributed by atoms with Crippen LogP contribution in [-0.2, 0) is 14.4 Å². The summed E-state index contributed by atoms with van der Waals surface area (Å²) in [5, 5.41) is 10.8. The molecule has 2 amide bonds. The fourth-order valence-corrected chi connectivity index (χ4v) is 2.79. The summed E-state index contributed by atoms with van der Waals surface area (Å²) in [5.41, 5.74) is 0. The van der Waals surface area contributed by atoms with E-state index in [0.29, 0.717) is 6.41 Å². The van der Waals surface area contributed by atoms with Gasteiger partial charge >= 0.3 is 5.97 Å². The second-order valence-electron chi connectivity index (χ2n) is 4.18. The summed E-state index contributed by atoms with van der Waals surface area (Å²) < 4.78 is 0. The van der Waals surface area contributed by atoms with E-state index in [4.69, 9.17) is 5.11 Å². The van der Waals surface area contributed by atoms with Crippen molar-refractivity contribution in [3.8, 4) is 0 Å². The summed E-state index contributed by atoms with van der Waals surface area (Å²) in [6.45, 7) is 3.35. The number of thioether (sulfide) groups is 1. The second kappa shape index (κ2) is 7.25. The highest BCUT2D eigenvalue weighted by molar-refractivity contribution is 8.00. The van der Waals surface area contributed by atoms with E-state index in [-0.39, 0.29) is 16.9 Å². The van der Waals surface area contributed by atoms with Crippen molar-refractivity contribution in [2.45, 2.75) is 31.1 Å². The number of hydrogen-bond acceptors (Lipinski definition) is 4. The summed E-state index contributed by atoms with van der Waals surface area (Å²) in [6, 6.07) is -0.943. The fourth-order valence-electron chi connectivity index (χ4n) is 1.78. The molecule has 1 aliphatic heterocycles. The Balaban J connectivity index is 2.38. The zero-order valence-electron chi connectivity index (χ0n) is 10.3. The number of carboxylic acids is 1. The van der Waals surface area contributed by atoms with Crippen LogP contribution in [0.25, 0.3) is 0 Å². The van der Waals surface area contributed by atoms with Gasteiger partial charge in [0.2, 0.25) is 12.3 Å². The average molecular weight is 274 g/mol. The maximum absolute atomic E-state index is 12.0. The molecule has 0 aromatic rings. The molecular weight excluding hydrogens is 256 g/mol. The van der Waals surface area contributed by atoms with Gasteiger partial charge < -0.3 is 15.3 Å². The van der Waals surface area contributed by atoms with Crippen molar-refractivity contribution in [3.05, 3.63) is 0 Å². The van der Waals surface area contributed by atoms with Gasteiger partial charge in [0.15, 0.2) is 0 Å². The minimum absolute atomic E-state index is 0.0488. The predicted octanol–water partition coefficient (Wildman–Crippen LogP) is -0.0703. The highest BCUT2D eigenvalue weighted by Crippen LogP contribution is 2.18. The Hall–Kier alpha value is -1.24. The molecule has 102 valence electrons. The lowest BCUT2D eigenvalue weighted by atomic mass is 10.3. The molecule has 0 radical (unpaired) electrons. The van der Waals surface area contributed by atoms with E-state index in [0.717, 1.165) is 25.9 Å². The largest absolute Gasteiger partial charge is 0.480 e. The fraction of sp³-hybridized carbons (Fsp3) is 0.727. The van der Waals surface area contributed by atoms with Gasteiger partial charge in [0.1, 0.15) is 6.04 Å². The number of carbonyl (C=O) groups is 3. The van der Waals surface area contributed by atoms with Gasteiger partial charge in [-0.25, -0.2) is 4.79 Å². The van der Waals surface area contributed by atoms with Crippen molar-refractivity contribution >= 4 is 30.0 Å². The molecule has 0 aliphatic carbocycles.